The number of carbonyl (C=O) groups is 1. The van der Waals surface area contributed by atoms with Crippen molar-refractivity contribution in [2.24, 2.45) is 0 Å². The number of hydrogen-bond acceptors (Lipinski definition) is 4. The molecule has 8 heteroatoms. The van der Waals surface area contributed by atoms with E-state index in [2.05, 4.69) is 10.4 Å². The van der Waals surface area contributed by atoms with Crippen molar-refractivity contribution in [2.75, 3.05) is 11.1 Å². The number of aryl methyl sites for hydroxylation is 1. The first-order chi connectivity index (χ1) is 12.0. The van der Waals surface area contributed by atoms with Crippen molar-refractivity contribution in [3.63, 3.8) is 0 Å². The van der Waals surface area contributed by atoms with Crippen LogP contribution in [-0.2, 0) is 4.79 Å². The molecule has 3 rings (SSSR count). The van der Waals surface area contributed by atoms with Gasteiger partial charge < -0.3 is 10.5 Å². The molecule has 0 fully saturated rings. The average Bonchev–Trinajstić information content (AvgIpc) is 2.95. The lowest BCUT2D eigenvalue weighted by atomic mass is 10.3. The summed E-state index contributed by atoms with van der Waals surface area (Å²) in [5.74, 6) is -0.0434. The Bertz CT molecular complexity index is 896. The van der Waals surface area contributed by atoms with Crippen LogP contribution in [0.1, 0.15) is 5.69 Å². The summed E-state index contributed by atoms with van der Waals surface area (Å²) in [5, 5.41) is 19.1. The molecule has 128 valence electrons. The van der Waals surface area contributed by atoms with Crippen molar-refractivity contribution in [3.8, 4) is 5.69 Å². The number of benzene rings is 1. The van der Waals surface area contributed by atoms with Gasteiger partial charge in [-0.3, -0.25) is 4.79 Å². The minimum Gasteiger partial charge on any atom is -0.618 e. The minimum atomic E-state index is -0.344. The Morgan fingerprint density at radius 1 is 1.32 bits per heavy atom. The lowest BCUT2D eigenvalue weighted by Crippen LogP contribution is -2.28. The summed E-state index contributed by atoms with van der Waals surface area (Å²) in [6, 6.07) is 12.6. The Hall–Kier alpha value is -2.87. The second-order valence-electron chi connectivity index (χ2n) is 5.26. The van der Waals surface area contributed by atoms with E-state index in [1.54, 1.807) is 43.3 Å². The van der Waals surface area contributed by atoms with Gasteiger partial charge in [-0.25, -0.2) is 9.07 Å². The molecule has 0 unspecified atom stereocenters. The topological polar surface area (TPSA) is 73.9 Å². The lowest BCUT2D eigenvalue weighted by molar-refractivity contribution is -0.645. The molecular weight excluding hydrogens is 343 g/mol. The van der Waals surface area contributed by atoms with Gasteiger partial charge in [0.15, 0.2) is 6.20 Å². The Morgan fingerprint density at radius 3 is 2.80 bits per heavy atom. The number of carbonyl (C=O) groups excluding carboxylic acids is 1. The maximum atomic E-state index is 13.1. The molecule has 0 radical (unpaired) electrons. The number of nitrogens with one attached hydrogen (secondary N) is 1. The molecule has 0 aliphatic carbocycles. The first-order valence-corrected chi connectivity index (χ1v) is 8.45. The lowest BCUT2D eigenvalue weighted by Gasteiger charge is -2.09. The highest BCUT2D eigenvalue weighted by molar-refractivity contribution is 7.99. The Balaban J connectivity index is 1.71. The zero-order chi connectivity index (χ0) is 17.8. The number of halogens is 1. The molecule has 2 aromatic heterocycles. The van der Waals surface area contributed by atoms with Crippen LogP contribution in [0.3, 0.4) is 0 Å². The quantitative estimate of drug-likeness (QED) is 0.432. The van der Waals surface area contributed by atoms with E-state index in [1.807, 2.05) is 0 Å². The molecule has 0 bridgehead atoms. The summed E-state index contributed by atoms with van der Waals surface area (Å²) in [7, 11) is 0. The number of aromatic nitrogens is 3. The number of thioether (sulfide) groups is 1. The standard InChI is InChI=1S/C17H15FN4O2S/c1-12-10-15(22(20-12)14-7-5-13(18)6-8-14)19-16(23)11-25-17-4-2-3-9-21(17)24/h2-10H,11H2,1H3,(H,19,23). The molecule has 0 saturated carbocycles. The van der Waals surface area contributed by atoms with Gasteiger partial charge in [0, 0.05) is 18.2 Å². The van der Waals surface area contributed by atoms with E-state index in [1.165, 1.54) is 23.0 Å². The van der Waals surface area contributed by atoms with Crippen LogP contribution in [0, 0.1) is 17.9 Å². The average molecular weight is 358 g/mol. The molecule has 0 saturated heterocycles. The Kier molecular flexibility index (Phi) is 4.99. The van der Waals surface area contributed by atoms with E-state index >= 15 is 0 Å². The summed E-state index contributed by atoms with van der Waals surface area (Å²) in [4.78, 5) is 12.2. The van der Waals surface area contributed by atoms with E-state index in [-0.39, 0.29) is 17.5 Å². The maximum absolute atomic E-state index is 13.1. The Labute approximate surface area is 147 Å². The van der Waals surface area contributed by atoms with Crippen molar-refractivity contribution in [1.82, 2.24) is 9.78 Å². The number of amides is 1. The SMILES string of the molecule is Cc1cc(NC(=O)CSc2cccc[n+]2[O-])n(-c2ccc(F)cc2)n1. The summed E-state index contributed by atoms with van der Waals surface area (Å²) >= 11 is 1.14. The maximum Gasteiger partial charge on any atom is 0.251 e. The molecule has 0 aliphatic rings. The van der Waals surface area contributed by atoms with Gasteiger partial charge in [-0.05, 0) is 49.0 Å². The highest BCUT2D eigenvalue weighted by Gasteiger charge is 2.13. The number of hydrogen-bond donors (Lipinski definition) is 1. The van der Waals surface area contributed by atoms with Crippen molar-refractivity contribution in [2.45, 2.75) is 11.9 Å². The van der Waals surface area contributed by atoms with Crippen LogP contribution in [0.15, 0.2) is 59.8 Å². The molecule has 6 nitrogen and oxygen atoms in total. The van der Waals surface area contributed by atoms with E-state index < -0.39 is 0 Å². The number of pyridine rings is 1. The predicted molar refractivity (Wildman–Crippen MR) is 93.0 cm³/mol. The van der Waals surface area contributed by atoms with Crippen LogP contribution in [0.4, 0.5) is 10.2 Å². The molecule has 3 aromatic rings. The zero-order valence-corrected chi connectivity index (χ0v) is 14.2. The van der Waals surface area contributed by atoms with Crippen LogP contribution >= 0.6 is 11.8 Å². The van der Waals surface area contributed by atoms with Gasteiger partial charge in [-0.15, -0.1) is 0 Å². The molecule has 1 N–H and O–H groups in total. The molecular formula is C17H15FN4O2S. The number of rotatable bonds is 5. The first kappa shape index (κ1) is 17.0. The van der Waals surface area contributed by atoms with Gasteiger partial charge in [-0.1, -0.05) is 0 Å². The molecule has 0 spiro atoms. The van der Waals surface area contributed by atoms with Gasteiger partial charge in [0.2, 0.25) is 5.91 Å². The van der Waals surface area contributed by atoms with Crippen LogP contribution in [0.5, 0.6) is 0 Å². The van der Waals surface area contributed by atoms with Crippen LogP contribution < -0.4 is 10.0 Å². The van der Waals surface area contributed by atoms with E-state index in [9.17, 15) is 14.4 Å². The van der Waals surface area contributed by atoms with E-state index in [0.717, 1.165) is 11.8 Å². The molecule has 0 aliphatic heterocycles. The zero-order valence-electron chi connectivity index (χ0n) is 13.3. The molecule has 0 atom stereocenters. The highest BCUT2D eigenvalue weighted by atomic mass is 32.2. The van der Waals surface area contributed by atoms with Crippen LogP contribution in [-0.4, -0.2) is 21.4 Å². The van der Waals surface area contributed by atoms with Crippen molar-refractivity contribution >= 4 is 23.5 Å². The summed E-state index contributed by atoms with van der Waals surface area (Å²) in [6.07, 6.45) is 1.38. The van der Waals surface area contributed by atoms with Gasteiger partial charge >= 0.3 is 0 Å². The van der Waals surface area contributed by atoms with E-state index in [0.29, 0.717) is 27.0 Å². The predicted octanol–water partition coefficient (Wildman–Crippen LogP) is 2.68. The highest BCUT2D eigenvalue weighted by Crippen LogP contribution is 2.19. The van der Waals surface area contributed by atoms with Gasteiger partial charge in [-0.2, -0.15) is 9.83 Å². The van der Waals surface area contributed by atoms with E-state index in [4.69, 9.17) is 0 Å². The van der Waals surface area contributed by atoms with Crippen molar-refractivity contribution in [1.29, 1.82) is 0 Å². The summed E-state index contributed by atoms with van der Waals surface area (Å²) < 4.78 is 15.3. The van der Waals surface area contributed by atoms with Crippen LogP contribution in [0.2, 0.25) is 0 Å². The third-order valence-electron chi connectivity index (χ3n) is 3.31. The number of nitrogens with zero attached hydrogens (tertiary/aromatic N) is 3. The fourth-order valence-electron chi connectivity index (χ4n) is 2.21. The Morgan fingerprint density at radius 2 is 2.08 bits per heavy atom. The van der Waals surface area contributed by atoms with Crippen molar-refractivity contribution < 1.29 is 13.9 Å². The minimum absolute atomic E-state index is 0.0832. The second kappa shape index (κ2) is 7.35. The second-order valence-corrected chi connectivity index (χ2v) is 6.26. The third-order valence-corrected chi connectivity index (χ3v) is 4.33. The molecule has 2 heterocycles. The smallest absolute Gasteiger partial charge is 0.251 e. The normalized spacial score (nSPS) is 10.6. The third kappa shape index (κ3) is 4.16. The summed E-state index contributed by atoms with van der Waals surface area (Å²) in [5.41, 5.74) is 1.35. The fourth-order valence-corrected chi connectivity index (χ4v) is 2.92. The van der Waals surface area contributed by atoms with Crippen LogP contribution in [0.25, 0.3) is 5.69 Å². The van der Waals surface area contributed by atoms with Gasteiger partial charge in [0.1, 0.15) is 11.6 Å². The van der Waals surface area contributed by atoms with Gasteiger partial charge in [0.25, 0.3) is 5.03 Å². The molecule has 25 heavy (non-hydrogen) atoms. The number of anilines is 1. The summed E-state index contributed by atoms with van der Waals surface area (Å²) in [6.45, 7) is 1.80. The first-order valence-electron chi connectivity index (χ1n) is 7.46. The fraction of sp³-hybridized carbons (Fsp3) is 0.118. The largest absolute Gasteiger partial charge is 0.618 e. The monoisotopic (exact) mass is 358 g/mol. The van der Waals surface area contributed by atoms with Gasteiger partial charge in [0.05, 0.1) is 17.1 Å². The molecule has 1 aromatic carbocycles. The molecule has 1 amide bonds. The van der Waals surface area contributed by atoms with Crippen molar-refractivity contribution in [3.05, 3.63) is 71.4 Å².